The van der Waals surface area contributed by atoms with Gasteiger partial charge in [0.1, 0.15) is 0 Å². The van der Waals surface area contributed by atoms with Gasteiger partial charge in [0.2, 0.25) is 6.41 Å². The van der Waals surface area contributed by atoms with Gasteiger partial charge in [-0.2, -0.15) is 0 Å². The van der Waals surface area contributed by atoms with Gasteiger partial charge in [0.05, 0.1) is 13.2 Å². The Hall–Kier alpha value is -1.72. The van der Waals surface area contributed by atoms with Crippen molar-refractivity contribution in [3.8, 4) is 0 Å². The fourth-order valence-electron chi connectivity index (χ4n) is 2.08. The van der Waals surface area contributed by atoms with Gasteiger partial charge in [-0.05, 0) is 12.1 Å². The minimum Gasteiger partial charge on any atom is -0.379 e. The molecule has 1 amide bonds. The molecule has 19 heavy (non-hydrogen) atoms. The van der Waals surface area contributed by atoms with E-state index in [2.05, 4.69) is 10.2 Å². The SMILES string of the molecule is O=CNc1cccc(C(=O)CCN2CCOCC2)c1. The molecule has 1 heterocycles. The summed E-state index contributed by atoms with van der Waals surface area (Å²) in [5.74, 6) is 0.0982. The molecule has 5 heteroatoms. The molecule has 1 aromatic rings. The molecule has 0 aliphatic carbocycles. The molecular formula is C14H18N2O3. The summed E-state index contributed by atoms with van der Waals surface area (Å²) in [6.45, 7) is 4.02. The summed E-state index contributed by atoms with van der Waals surface area (Å²) in [4.78, 5) is 24.7. The van der Waals surface area contributed by atoms with Gasteiger partial charge in [0.25, 0.3) is 0 Å². The average Bonchev–Trinajstić information content (AvgIpc) is 2.46. The molecule has 0 radical (unpaired) electrons. The van der Waals surface area contributed by atoms with Crippen molar-refractivity contribution < 1.29 is 14.3 Å². The molecule has 0 aromatic heterocycles. The van der Waals surface area contributed by atoms with Crippen LogP contribution in [0.2, 0.25) is 0 Å². The summed E-state index contributed by atoms with van der Waals surface area (Å²) in [6.07, 6.45) is 1.10. The van der Waals surface area contributed by atoms with Gasteiger partial charge < -0.3 is 10.1 Å². The Labute approximate surface area is 112 Å². The number of hydrogen-bond donors (Lipinski definition) is 1. The van der Waals surface area contributed by atoms with Crippen LogP contribution in [0.5, 0.6) is 0 Å². The van der Waals surface area contributed by atoms with Gasteiger partial charge in [0, 0.05) is 37.3 Å². The average molecular weight is 262 g/mol. The normalized spacial score (nSPS) is 16.0. The number of anilines is 1. The molecule has 102 valence electrons. The fraction of sp³-hybridized carbons (Fsp3) is 0.429. The molecule has 0 saturated carbocycles. The Bertz CT molecular complexity index is 442. The van der Waals surface area contributed by atoms with Crippen molar-refractivity contribution in [1.29, 1.82) is 0 Å². The van der Waals surface area contributed by atoms with E-state index >= 15 is 0 Å². The monoisotopic (exact) mass is 262 g/mol. The lowest BCUT2D eigenvalue weighted by molar-refractivity contribution is -0.105. The van der Waals surface area contributed by atoms with E-state index in [1.54, 1.807) is 24.3 Å². The van der Waals surface area contributed by atoms with Crippen LogP contribution in [-0.2, 0) is 9.53 Å². The Morgan fingerprint density at radius 2 is 2.16 bits per heavy atom. The second-order valence-corrected chi connectivity index (χ2v) is 4.47. The molecule has 5 nitrogen and oxygen atoms in total. The van der Waals surface area contributed by atoms with Gasteiger partial charge in [-0.1, -0.05) is 12.1 Å². The molecule has 1 saturated heterocycles. The first-order valence-electron chi connectivity index (χ1n) is 6.43. The molecule has 0 spiro atoms. The fourth-order valence-corrected chi connectivity index (χ4v) is 2.08. The maximum absolute atomic E-state index is 12.1. The van der Waals surface area contributed by atoms with Crippen molar-refractivity contribution in [3.63, 3.8) is 0 Å². The summed E-state index contributed by atoms with van der Waals surface area (Å²) < 4.78 is 5.27. The van der Waals surface area contributed by atoms with E-state index in [0.29, 0.717) is 24.1 Å². The highest BCUT2D eigenvalue weighted by molar-refractivity contribution is 5.97. The predicted octanol–water partition coefficient (Wildman–Crippen LogP) is 1.16. The molecule has 0 atom stereocenters. The third-order valence-corrected chi connectivity index (χ3v) is 3.17. The minimum absolute atomic E-state index is 0.0982. The van der Waals surface area contributed by atoms with E-state index in [1.807, 2.05) is 0 Å². The Morgan fingerprint density at radius 3 is 2.89 bits per heavy atom. The molecule has 1 fully saturated rings. The zero-order chi connectivity index (χ0) is 13.5. The number of ether oxygens (including phenoxy) is 1. The van der Waals surface area contributed by atoms with Gasteiger partial charge in [-0.15, -0.1) is 0 Å². The van der Waals surface area contributed by atoms with E-state index in [9.17, 15) is 9.59 Å². The number of ketones is 1. The lowest BCUT2D eigenvalue weighted by atomic mass is 10.1. The highest BCUT2D eigenvalue weighted by Gasteiger charge is 2.13. The smallest absolute Gasteiger partial charge is 0.211 e. The van der Waals surface area contributed by atoms with Crippen molar-refractivity contribution in [3.05, 3.63) is 29.8 Å². The van der Waals surface area contributed by atoms with E-state index in [4.69, 9.17) is 4.74 Å². The number of rotatable bonds is 6. The van der Waals surface area contributed by atoms with Crippen molar-refractivity contribution in [2.24, 2.45) is 0 Å². The molecule has 1 aromatic carbocycles. The minimum atomic E-state index is 0.0982. The van der Waals surface area contributed by atoms with Crippen LogP contribution in [0.1, 0.15) is 16.8 Å². The summed E-state index contributed by atoms with van der Waals surface area (Å²) in [5.41, 5.74) is 1.28. The largest absolute Gasteiger partial charge is 0.379 e. The molecule has 2 rings (SSSR count). The van der Waals surface area contributed by atoms with E-state index in [0.717, 1.165) is 32.8 Å². The van der Waals surface area contributed by atoms with E-state index < -0.39 is 0 Å². The number of benzene rings is 1. The van der Waals surface area contributed by atoms with Crippen LogP contribution in [0.3, 0.4) is 0 Å². The first-order valence-corrected chi connectivity index (χ1v) is 6.43. The van der Waals surface area contributed by atoms with E-state index in [-0.39, 0.29) is 5.78 Å². The summed E-state index contributed by atoms with van der Waals surface area (Å²) in [7, 11) is 0. The second-order valence-electron chi connectivity index (χ2n) is 4.47. The van der Waals surface area contributed by atoms with Crippen LogP contribution < -0.4 is 5.32 Å². The summed E-state index contributed by atoms with van der Waals surface area (Å²) in [6, 6.07) is 7.01. The van der Waals surface area contributed by atoms with Crippen LogP contribution in [-0.4, -0.2) is 49.9 Å². The molecule has 1 N–H and O–H groups in total. The number of nitrogens with zero attached hydrogens (tertiary/aromatic N) is 1. The number of amides is 1. The number of morpholine rings is 1. The number of carbonyl (C=O) groups is 2. The molecule has 0 unspecified atom stereocenters. The van der Waals surface area contributed by atoms with Crippen LogP contribution in [0, 0.1) is 0 Å². The quantitative estimate of drug-likeness (QED) is 0.617. The number of hydrogen-bond acceptors (Lipinski definition) is 4. The zero-order valence-electron chi connectivity index (χ0n) is 10.8. The standard InChI is InChI=1S/C14H18N2O3/c17-11-15-13-3-1-2-12(10-13)14(18)4-5-16-6-8-19-9-7-16/h1-3,10-11H,4-9H2,(H,15,17). The van der Waals surface area contributed by atoms with Crippen molar-refractivity contribution in [2.75, 3.05) is 38.2 Å². The summed E-state index contributed by atoms with van der Waals surface area (Å²) >= 11 is 0. The van der Waals surface area contributed by atoms with Gasteiger partial charge in [0.15, 0.2) is 5.78 Å². The molecule has 1 aliphatic heterocycles. The van der Waals surface area contributed by atoms with E-state index in [1.165, 1.54) is 0 Å². The van der Waals surface area contributed by atoms with Gasteiger partial charge in [-0.25, -0.2) is 0 Å². The van der Waals surface area contributed by atoms with Crippen molar-refractivity contribution in [2.45, 2.75) is 6.42 Å². The Morgan fingerprint density at radius 1 is 1.37 bits per heavy atom. The predicted molar refractivity (Wildman–Crippen MR) is 72.3 cm³/mol. The molecular weight excluding hydrogens is 244 g/mol. The number of nitrogens with one attached hydrogen (secondary N) is 1. The lowest BCUT2D eigenvalue weighted by Crippen LogP contribution is -2.37. The van der Waals surface area contributed by atoms with Crippen LogP contribution >= 0.6 is 0 Å². The van der Waals surface area contributed by atoms with Crippen molar-refractivity contribution >= 4 is 17.9 Å². The maximum atomic E-state index is 12.1. The zero-order valence-corrected chi connectivity index (χ0v) is 10.8. The number of Topliss-reactive ketones (excluding diaryl/α,β-unsaturated/α-hetero) is 1. The topological polar surface area (TPSA) is 58.6 Å². The van der Waals surface area contributed by atoms with Crippen LogP contribution in [0.15, 0.2) is 24.3 Å². The van der Waals surface area contributed by atoms with Crippen LogP contribution in [0.4, 0.5) is 5.69 Å². The first kappa shape index (κ1) is 13.7. The third kappa shape index (κ3) is 4.15. The van der Waals surface area contributed by atoms with Gasteiger partial charge in [-0.3, -0.25) is 14.5 Å². The van der Waals surface area contributed by atoms with Crippen LogP contribution in [0.25, 0.3) is 0 Å². The highest BCUT2D eigenvalue weighted by Crippen LogP contribution is 2.12. The molecule has 0 bridgehead atoms. The number of carbonyl (C=O) groups excluding carboxylic acids is 2. The highest BCUT2D eigenvalue weighted by atomic mass is 16.5. The lowest BCUT2D eigenvalue weighted by Gasteiger charge is -2.26. The summed E-state index contributed by atoms with van der Waals surface area (Å²) in [5, 5.41) is 2.55. The maximum Gasteiger partial charge on any atom is 0.211 e. The first-order chi connectivity index (χ1) is 9.29. The Balaban J connectivity index is 1.88. The molecule has 1 aliphatic rings. The van der Waals surface area contributed by atoms with Crippen molar-refractivity contribution in [1.82, 2.24) is 4.90 Å². The second kappa shape index (κ2) is 7.01. The third-order valence-electron chi connectivity index (χ3n) is 3.17. The Kier molecular flexibility index (Phi) is 5.06. The van der Waals surface area contributed by atoms with Gasteiger partial charge >= 0.3 is 0 Å².